The van der Waals surface area contributed by atoms with E-state index in [1.807, 2.05) is 29.2 Å². The number of rotatable bonds is 4. The molecular weight excluding hydrogens is 316 g/mol. The molecule has 0 bridgehead atoms. The van der Waals surface area contributed by atoms with E-state index in [9.17, 15) is 4.79 Å². The molecule has 1 amide bonds. The smallest absolute Gasteiger partial charge is 0.260 e. The summed E-state index contributed by atoms with van der Waals surface area (Å²) in [5.74, 6) is 3.04. The fourth-order valence-electron chi connectivity index (χ4n) is 3.38. The quantitative estimate of drug-likeness (QED) is 0.910. The number of halogens is 1. The van der Waals surface area contributed by atoms with Crippen molar-refractivity contribution in [1.29, 1.82) is 0 Å². The first kappa shape index (κ1) is 17.9. The first-order chi connectivity index (χ1) is 10.8. The molecule has 128 valence electrons. The Bertz CT molecular complexity index is 495. The number of carbonyl (C=O) groups is 1. The second-order valence-electron chi connectivity index (χ2n) is 6.10. The molecule has 0 aromatic heterocycles. The predicted octanol–water partition coefficient (Wildman–Crippen LogP) is 1.95. The van der Waals surface area contributed by atoms with Crippen LogP contribution in [-0.4, -0.2) is 50.7 Å². The van der Waals surface area contributed by atoms with Crippen molar-refractivity contribution < 1.29 is 14.3 Å². The van der Waals surface area contributed by atoms with Crippen LogP contribution in [-0.2, 0) is 4.79 Å². The minimum Gasteiger partial charge on any atom is -0.497 e. The number of hydrogen-bond donors (Lipinski definition) is 1. The molecular formula is C17H25ClN2O3. The molecule has 0 unspecified atom stereocenters. The normalized spacial score (nSPS) is 23.4. The molecule has 1 N–H and O–H groups in total. The summed E-state index contributed by atoms with van der Waals surface area (Å²) in [6.45, 7) is 4.03. The third-order valence-electron chi connectivity index (χ3n) is 4.79. The summed E-state index contributed by atoms with van der Waals surface area (Å²) in [7, 11) is 1.63. The minimum absolute atomic E-state index is 0. The van der Waals surface area contributed by atoms with Crippen molar-refractivity contribution in [2.24, 2.45) is 11.8 Å². The van der Waals surface area contributed by atoms with E-state index in [4.69, 9.17) is 9.47 Å². The largest absolute Gasteiger partial charge is 0.497 e. The average molecular weight is 341 g/mol. The number of carbonyl (C=O) groups excluding carboxylic acids is 1. The van der Waals surface area contributed by atoms with Crippen LogP contribution in [0.5, 0.6) is 11.5 Å². The Morgan fingerprint density at radius 2 is 1.70 bits per heavy atom. The fraction of sp³-hybridized carbons (Fsp3) is 0.588. The van der Waals surface area contributed by atoms with Gasteiger partial charge >= 0.3 is 0 Å². The third-order valence-corrected chi connectivity index (χ3v) is 4.79. The number of methoxy groups -OCH3 is 1. The summed E-state index contributed by atoms with van der Waals surface area (Å²) < 4.78 is 10.7. The molecule has 2 heterocycles. The molecule has 1 aromatic carbocycles. The van der Waals surface area contributed by atoms with Gasteiger partial charge in [0.05, 0.1) is 7.11 Å². The van der Waals surface area contributed by atoms with Gasteiger partial charge in [0.2, 0.25) is 0 Å². The van der Waals surface area contributed by atoms with Gasteiger partial charge in [-0.05, 0) is 62.0 Å². The summed E-state index contributed by atoms with van der Waals surface area (Å²) in [6, 6.07) is 7.31. The van der Waals surface area contributed by atoms with E-state index in [1.54, 1.807) is 7.11 Å². The number of hydrogen-bond acceptors (Lipinski definition) is 4. The zero-order valence-corrected chi connectivity index (χ0v) is 14.3. The first-order valence-electron chi connectivity index (χ1n) is 8.01. The number of nitrogens with one attached hydrogen (secondary N) is 1. The molecule has 5 nitrogen and oxygen atoms in total. The molecule has 2 saturated heterocycles. The SMILES string of the molecule is COc1ccc(OCC(=O)N2CC[C@@H]3CNC[C@@H]3CC2)cc1.Cl. The number of ether oxygens (including phenoxy) is 2. The topological polar surface area (TPSA) is 50.8 Å². The Hall–Kier alpha value is -1.46. The van der Waals surface area contributed by atoms with E-state index in [1.165, 1.54) is 0 Å². The molecule has 0 aliphatic carbocycles. The van der Waals surface area contributed by atoms with Crippen molar-refractivity contribution in [2.45, 2.75) is 12.8 Å². The fourth-order valence-corrected chi connectivity index (χ4v) is 3.38. The molecule has 0 saturated carbocycles. The van der Waals surface area contributed by atoms with Crippen LogP contribution in [0.1, 0.15) is 12.8 Å². The maximum absolute atomic E-state index is 12.3. The van der Waals surface area contributed by atoms with Crippen LogP contribution in [0.2, 0.25) is 0 Å². The van der Waals surface area contributed by atoms with Crippen molar-refractivity contribution in [1.82, 2.24) is 10.2 Å². The standard InChI is InChI=1S/C17H24N2O3.ClH/c1-21-15-2-4-16(5-3-15)22-12-17(20)19-8-6-13-10-18-11-14(13)7-9-19;/h2-5,13-14,18H,6-12H2,1H3;1H/t13-,14+;. The molecule has 23 heavy (non-hydrogen) atoms. The van der Waals surface area contributed by atoms with E-state index in [0.717, 1.165) is 56.6 Å². The van der Waals surface area contributed by atoms with E-state index in [-0.39, 0.29) is 24.9 Å². The molecule has 0 spiro atoms. The van der Waals surface area contributed by atoms with E-state index >= 15 is 0 Å². The van der Waals surface area contributed by atoms with Gasteiger partial charge in [0.25, 0.3) is 5.91 Å². The zero-order chi connectivity index (χ0) is 15.4. The molecule has 0 radical (unpaired) electrons. The highest BCUT2D eigenvalue weighted by molar-refractivity contribution is 5.85. The monoisotopic (exact) mass is 340 g/mol. The predicted molar refractivity (Wildman–Crippen MR) is 91.4 cm³/mol. The highest BCUT2D eigenvalue weighted by atomic mass is 35.5. The molecule has 2 fully saturated rings. The van der Waals surface area contributed by atoms with Crippen molar-refractivity contribution in [3.63, 3.8) is 0 Å². The van der Waals surface area contributed by atoms with Crippen molar-refractivity contribution in [3.8, 4) is 11.5 Å². The van der Waals surface area contributed by atoms with E-state index < -0.39 is 0 Å². The Morgan fingerprint density at radius 3 is 2.26 bits per heavy atom. The Balaban J connectivity index is 0.00000192. The van der Waals surface area contributed by atoms with Gasteiger partial charge in [-0.2, -0.15) is 0 Å². The van der Waals surface area contributed by atoms with Gasteiger partial charge in [-0.3, -0.25) is 4.79 Å². The van der Waals surface area contributed by atoms with Crippen LogP contribution < -0.4 is 14.8 Å². The minimum atomic E-state index is 0. The van der Waals surface area contributed by atoms with Gasteiger partial charge in [0, 0.05) is 13.1 Å². The first-order valence-corrected chi connectivity index (χ1v) is 8.01. The number of amides is 1. The summed E-state index contributed by atoms with van der Waals surface area (Å²) >= 11 is 0. The van der Waals surface area contributed by atoms with Crippen molar-refractivity contribution in [2.75, 3.05) is 39.9 Å². The highest BCUT2D eigenvalue weighted by Gasteiger charge is 2.31. The molecule has 2 aliphatic rings. The van der Waals surface area contributed by atoms with Crippen molar-refractivity contribution >= 4 is 18.3 Å². The molecule has 6 heteroatoms. The number of fused-ring (bicyclic) bond motifs is 1. The van der Waals surface area contributed by atoms with Gasteiger partial charge < -0.3 is 19.7 Å². The Morgan fingerprint density at radius 1 is 1.13 bits per heavy atom. The molecule has 1 aromatic rings. The van der Waals surface area contributed by atoms with Crippen molar-refractivity contribution in [3.05, 3.63) is 24.3 Å². The number of benzene rings is 1. The van der Waals surface area contributed by atoms with Gasteiger partial charge in [0.15, 0.2) is 6.61 Å². The van der Waals surface area contributed by atoms with Gasteiger partial charge in [0.1, 0.15) is 11.5 Å². The molecule has 2 aliphatic heterocycles. The van der Waals surface area contributed by atoms with Crippen LogP contribution in [0, 0.1) is 11.8 Å². The summed E-state index contributed by atoms with van der Waals surface area (Å²) in [6.07, 6.45) is 2.21. The number of likely N-dealkylation sites (tertiary alicyclic amines) is 1. The lowest BCUT2D eigenvalue weighted by molar-refractivity contribution is -0.133. The van der Waals surface area contributed by atoms with Crippen LogP contribution >= 0.6 is 12.4 Å². The lowest BCUT2D eigenvalue weighted by Crippen LogP contribution is -2.36. The average Bonchev–Trinajstić information content (AvgIpc) is 2.91. The maximum atomic E-state index is 12.3. The number of nitrogens with zero attached hydrogens (tertiary/aromatic N) is 1. The maximum Gasteiger partial charge on any atom is 0.260 e. The van der Waals surface area contributed by atoms with Gasteiger partial charge in [-0.15, -0.1) is 12.4 Å². The van der Waals surface area contributed by atoms with Crippen LogP contribution in [0.15, 0.2) is 24.3 Å². The molecule has 3 rings (SSSR count). The zero-order valence-electron chi connectivity index (χ0n) is 13.5. The summed E-state index contributed by atoms with van der Waals surface area (Å²) in [4.78, 5) is 14.3. The highest BCUT2D eigenvalue weighted by Crippen LogP contribution is 2.27. The second-order valence-corrected chi connectivity index (χ2v) is 6.10. The van der Waals surface area contributed by atoms with E-state index in [2.05, 4.69) is 5.32 Å². The third kappa shape index (κ3) is 4.52. The van der Waals surface area contributed by atoms with Crippen LogP contribution in [0.3, 0.4) is 0 Å². The Labute approximate surface area is 143 Å². The van der Waals surface area contributed by atoms with Crippen LogP contribution in [0.4, 0.5) is 0 Å². The van der Waals surface area contributed by atoms with Gasteiger partial charge in [-0.1, -0.05) is 0 Å². The second kappa shape index (κ2) is 8.41. The lowest BCUT2D eigenvalue weighted by atomic mass is 9.92. The van der Waals surface area contributed by atoms with E-state index in [0.29, 0.717) is 5.75 Å². The Kier molecular flexibility index (Phi) is 6.54. The van der Waals surface area contributed by atoms with Crippen LogP contribution in [0.25, 0.3) is 0 Å². The molecule has 2 atom stereocenters. The van der Waals surface area contributed by atoms with Gasteiger partial charge in [-0.25, -0.2) is 0 Å². The lowest BCUT2D eigenvalue weighted by Gasteiger charge is -2.21. The summed E-state index contributed by atoms with van der Waals surface area (Å²) in [5.41, 5.74) is 0. The summed E-state index contributed by atoms with van der Waals surface area (Å²) in [5, 5.41) is 3.45.